The quantitative estimate of drug-likeness (QED) is 0.531. The summed E-state index contributed by atoms with van der Waals surface area (Å²) in [4.78, 5) is 13.5. The summed E-state index contributed by atoms with van der Waals surface area (Å²) < 4.78 is 12.9. The Kier molecular flexibility index (Phi) is 4.03. The van der Waals surface area contributed by atoms with Crippen molar-refractivity contribution in [2.75, 3.05) is 11.6 Å². The summed E-state index contributed by atoms with van der Waals surface area (Å²) in [5, 5.41) is 0.294. The molecule has 0 aliphatic heterocycles. The molecule has 0 atom stereocenters. The summed E-state index contributed by atoms with van der Waals surface area (Å²) in [7, 11) is 0. The Labute approximate surface area is 114 Å². The average Bonchev–Trinajstić information content (AvgIpc) is 2.42. The normalized spacial score (nSPS) is 10.3. The van der Waals surface area contributed by atoms with Gasteiger partial charge in [0.15, 0.2) is 5.82 Å². The molecule has 0 bridgehead atoms. The molecule has 2 aromatic heterocycles. The molecule has 0 radical (unpaired) electrons. The Hall–Kier alpha value is -2.05. The van der Waals surface area contributed by atoms with Crippen molar-refractivity contribution in [3.63, 3.8) is 0 Å². The van der Waals surface area contributed by atoms with E-state index in [9.17, 15) is 4.39 Å². The van der Waals surface area contributed by atoms with Crippen LogP contribution in [0.15, 0.2) is 35.5 Å². The van der Waals surface area contributed by atoms with Gasteiger partial charge in [-0.25, -0.2) is 14.4 Å². The minimum absolute atomic E-state index is 0.0918. The third kappa shape index (κ3) is 2.86. The first kappa shape index (κ1) is 13.4. The van der Waals surface area contributed by atoms with Crippen LogP contribution in [0.3, 0.4) is 0 Å². The maximum Gasteiger partial charge on any atom is 0.162 e. The molecule has 0 saturated carbocycles. The predicted molar refractivity (Wildman–Crippen MR) is 73.8 cm³/mol. The van der Waals surface area contributed by atoms with Crippen molar-refractivity contribution in [1.29, 1.82) is 0 Å². The fraction of sp³-hybridized carbons (Fsp3) is 0.0833. The summed E-state index contributed by atoms with van der Waals surface area (Å²) in [6.07, 6.45) is 1.10. The number of rotatable bonds is 4. The van der Waals surface area contributed by atoms with Gasteiger partial charge in [0.25, 0.3) is 0 Å². The summed E-state index contributed by atoms with van der Waals surface area (Å²) in [6, 6.07) is 6.06. The van der Waals surface area contributed by atoms with Gasteiger partial charge in [0, 0.05) is 0 Å². The highest BCUT2D eigenvalue weighted by atomic mass is 35.5. The molecule has 0 unspecified atom stereocenters. The van der Waals surface area contributed by atoms with Gasteiger partial charge in [-0.15, -0.1) is 0 Å². The van der Waals surface area contributed by atoms with Gasteiger partial charge in [0.1, 0.15) is 22.5 Å². The van der Waals surface area contributed by atoms with Crippen molar-refractivity contribution in [2.45, 2.75) is 0 Å². The predicted octanol–water partition coefficient (Wildman–Crippen LogP) is 2.66. The first-order valence-electron chi connectivity index (χ1n) is 5.38. The fourth-order valence-electron chi connectivity index (χ4n) is 1.56. The van der Waals surface area contributed by atoms with Gasteiger partial charge in [-0.2, -0.15) is 0 Å². The van der Waals surface area contributed by atoms with E-state index in [0.717, 1.165) is 6.20 Å². The van der Waals surface area contributed by atoms with Crippen LogP contribution in [0.2, 0.25) is 5.15 Å². The van der Waals surface area contributed by atoms with Crippen molar-refractivity contribution in [1.82, 2.24) is 9.97 Å². The number of halogens is 2. The summed E-state index contributed by atoms with van der Waals surface area (Å²) in [6.45, 7) is 3.56. The van der Waals surface area contributed by atoms with Gasteiger partial charge in [-0.1, -0.05) is 11.6 Å². The Morgan fingerprint density at radius 1 is 1.37 bits per heavy atom. The zero-order chi connectivity index (χ0) is 13.8. The molecule has 98 valence electrons. The van der Waals surface area contributed by atoms with Gasteiger partial charge >= 0.3 is 0 Å². The van der Waals surface area contributed by atoms with Crippen LogP contribution >= 0.6 is 11.6 Å². The maximum absolute atomic E-state index is 12.9. The van der Waals surface area contributed by atoms with Crippen molar-refractivity contribution in [3.05, 3.63) is 41.4 Å². The number of hydrogen-bond donors (Lipinski definition) is 1. The summed E-state index contributed by atoms with van der Waals surface area (Å²) in [5.74, 6) is 0.439. The molecule has 2 rings (SSSR count). The molecule has 19 heavy (non-hydrogen) atoms. The van der Waals surface area contributed by atoms with Gasteiger partial charge in [-0.3, -0.25) is 9.89 Å². The van der Waals surface area contributed by atoms with Crippen molar-refractivity contribution >= 4 is 35.6 Å². The first-order chi connectivity index (χ1) is 9.15. The molecule has 0 spiro atoms. The number of aliphatic imine (C=N–C) groups is 1. The largest absolute Gasteiger partial charge is 0.313 e. The van der Waals surface area contributed by atoms with Crippen LogP contribution in [0.4, 0.5) is 21.7 Å². The van der Waals surface area contributed by atoms with Crippen LogP contribution in [0, 0.1) is 5.82 Å². The Bertz CT molecular complexity index is 587. The van der Waals surface area contributed by atoms with E-state index in [0.29, 0.717) is 22.5 Å². The molecule has 2 aromatic rings. The Morgan fingerprint density at radius 3 is 2.74 bits per heavy atom. The monoisotopic (exact) mass is 279 g/mol. The molecule has 5 nitrogen and oxygen atoms in total. The van der Waals surface area contributed by atoms with Crippen LogP contribution in [-0.4, -0.2) is 23.4 Å². The van der Waals surface area contributed by atoms with Gasteiger partial charge in [0.05, 0.1) is 12.9 Å². The van der Waals surface area contributed by atoms with Gasteiger partial charge in [-0.05, 0) is 31.0 Å². The molecule has 0 aliphatic rings. The van der Waals surface area contributed by atoms with Crippen LogP contribution in [0.5, 0.6) is 0 Å². The Morgan fingerprint density at radius 2 is 2.16 bits per heavy atom. The lowest BCUT2D eigenvalue weighted by Gasteiger charge is -2.21. The summed E-state index contributed by atoms with van der Waals surface area (Å²) in [5.41, 5.74) is 6.21. The summed E-state index contributed by atoms with van der Waals surface area (Å²) >= 11 is 5.87. The lowest BCUT2D eigenvalue weighted by molar-refractivity contribution is 0.621. The van der Waals surface area contributed by atoms with Crippen LogP contribution in [0.1, 0.15) is 0 Å². The molecular formula is C12H11ClFN5. The van der Waals surface area contributed by atoms with Crippen LogP contribution in [-0.2, 0) is 0 Å². The zero-order valence-electron chi connectivity index (χ0n) is 9.92. The molecule has 7 heteroatoms. The van der Waals surface area contributed by atoms with E-state index in [-0.39, 0.29) is 6.67 Å². The fourth-order valence-corrected chi connectivity index (χ4v) is 1.70. The number of pyridine rings is 2. The van der Waals surface area contributed by atoms with Crippen molar-refractivity contribution in [3.8, 4) is 0 Å². The number of hydrogen-bond acceptors (Lipinski definition) is 5. The smallest absolute Gasteiger partial charge is 0.162 e. The van der Waals surface area contributed by atoms with Crippen molar-refractivity contribution in [2.24, 2.45) is 10.7 Å². The number of aromatic nitrogens is 2. The molecule has 0 aliphatic carbocycles. The van der Waals surface area contributed by atoms with Gasteiger partial charge < -0.3 is 5.73 Å². The van der Waals surface area contributed by atoms with E-state index in [1.807, 2.05) is 0 Å². The van der Waals surface area contributed by atoms with E-state index < -0.39 is 5.82 Å². The standard InChI is InChI=1S/C12H11ClFN5/c1-16-9-3-4-10(13)18-12(9)19(7-15)11-5-2-8(14)6-17-11/h2-6H,1,7,15H2. The van der Waals surface area contributed by atoms with E-state index in [1.54, 1.807) is 17.0 Å². The van der Waals surface area contributed by atoms with Gasteiger partial charge in [0.2, 0.25) is 0 Å². The van der Waals surface area contributed by atoms with Crippen LogP contribution in [0.25, 0.3) is 0 Å². The number of nitrogens with two attached hydrogens (primary N) is 1. The molecule has 0 amide bonds. The molecule has 0 fully saturated rings. The number of anilines is 2. The average molecular weight is 280 g/mol. The van der Waals surface area contributed by atoms with E-state index >= 15 is 0 Å². The SMILES string of the molecule is C=Nc1ccc(Cl)nc1N(CN)c1ccc(F)cn1. The highest BCUT2D eigenvalue weighted by Crippen LogP contribution is 2.31. The van der Waals surface area contributed by atoms with Crippen molar-refractivity contribution < 1.29 is 4.39 Å². The molecule has 2 heterocycles. The minimum atomic E-state index is -0.429. The maximum atomic E-state index is 12.9. The van der Waals surface area contributed by atoms with E-state index in [1.165, 1.54) is 12.1 Å². The molecule has 0 aromatic carbocycles. The van der Waals surface area contributed by atoms with E-state index in [2.05, 4.69) is 21.7 Å². The topological polar surface area (TPSA) is 67.4 Å². The number of nitrogens with zero attached hydrogens (tertiary/aromatic N) is 4. The van der Waals surface area contributed by atoms with Crippen LogP contribution < -0.4 is 10.6 Å². The zero-order valence-corrected chi connectivity index (χ0v) is 10.7. The lowest BCUT2D eigenvalue weighted by atomic mass is 10.3. The highest BCUT2D eigenvalue weighted by molar-refractivity contribution is 6.29. The third-order valence-corrected chi connectivity index (χ3v) is 2.63. The molecule has 2 N–H and O–H groups in total. The lowest BCUT2D eigenvalue weighted by Crippen LogP contribution is -2.26. The Balaban J connectivity index is 2.50. The highest BCUT2D eigenvalue weighted by Gasteiger charge is 2.15. The molecule has 0 saturated heterocycles. The molecular weight excluding hydrogens is 269 g/mol. The second-order valence-corrected chi connectivity index (χ2v) is 3.97. The third-order valence-electron chi connectivity index (χ3n) is 2.42. The van der Waals surface area contributed by atoms with E-state index in [4.69, 9.17) is 17.3 Å². The second-order valence-electron chi connectivity index (χ2n) is 3.58. The second kappa shape index (κ2) is 5.73. The minimum Gasteiger partial charge on any atom is -0.313 e. The first-order valence-corrected chi connectivity index (χ1v) is 5.76.